The Labute approximate surface area is 96.1 Å². The highest BCUT2D eigenvalue weighted by Crippen LogP contribution is 2.27. The highest BCUT2D eigenvalue weighted by Gasteiger charge is 2.08. The van der Waals surface area contributed by atoms with Gasteiger partial charge in [-0.1, -0.05) is 32.0 Å². The van der Waals surface area contributed by atoms with Gasteiger partial charge in [-0.2, -0.15) is 0 Å². The summed E-state index contributed by atoms with van der Waals surface area (Å²) in [5, 5.41) is 2.26. The van der Waals surface area contributed by atoms with Crippen LogP contribution in [0.15, 0.2) is 24.3 Å². The van der Waals surface area contributed by atoms with E-state index in [1.54, 1.807) is 6.07 Å². The van der Waals surface area contributed by atoms with E-state index in [1.165, 1.54) is 11.1 Å². The summed E-state index contributed by atoms with van der Waals surface area (Å²) in [6.07, 6.45) is 1.98. The highest BCUT2D eigenvalue weighted by atomic mass is 19.1. The molecule has 0 nitrogen and oxygen atoms in total. The topological polar surface area (TPSA) is 0 Å². The van der Waals surface area contributed by atoms with E-state index in [2.05, 4.69) is 26.0 Å². The van der Waals surface area contributed by atoms with Gasteiger partial charge in [0.25, 0.3) is 0 Å². The summed E-state index contributed by atoms with van der Waals surface area (Å²) in [7, 11) is 0. The van der Waals surface area contributed by atoms with Crippen LogP contribution in [0.1, 0.15) is 30.5 Å². The van der Waals surface area contributed by atoms with Crippen LogP contribution in [0.2, 0.25) is 0 Å². The second-order valence-corrected chi connectivity index (χ2v) is 4.23. The van der Waals surface area contributed by atoms with E-state index in [1.807, 2.05) is 13.0 Å². The smallest absolute Gasteiger partial charge is 0.126 e. The number of benzene rings is 2. The Balaban J connectivity index is 2.84. The number of fused-ring (bicyclic) bond motifs is 1. The van der Waals surface area contributed by atoms with Crippen molar-refractivity contribution in [2.45, 2.75) is 33.6 Å². The standard InChI is InChI=1S/C15H17F/c1-4-11-8-12(5-2)15-10(3)14(16)7-6-13(15)9-11/h6-9H,4-5H2,1-3H3. The van der Waals surface area contributed by atoms with Crippen LogP contribution in [0.3, 0.4) is 0 Å². The first-order chi connectivity index (χ1) is 7.67. The van der Waals surface area contributed by atoms with Crippen LogP contribution in [0.25, 0.3) is 10.8 Å². The molecule has 0 unspecified atom stereocenters. The van der Waals surface area contributed by atoms with Crippen LogP contribution in [0, 0.1) is 12.7 Å². The van der Waals surface area contributed by atoms with Crippen LogP contribution in [0.4, 0.5) is 4.39 Å². The van der Waals surface area contributed by atoms with Crippen LogP contribution in [-0.2, 0) is 12.8 Å². The molecule has 2 aromatic carbocycles. The fraction of sp³-hybridized carbons (Fsp3) is 0.333. The van der Waals surface area contributed by atoms with Crippen LogP contribution < -0.4 is 0 Å². The number of halogens is 1. The molecule has 0 N–H and O–H groups in total. The molecule has 84 valence electrons. The molecule has 0 fully saturated rings. The molecule has 0 spiro atoms. The summed E-state index contributed by atoms with van der Waals surface area (Å²) in [5.41, 5.74) is 3.36. The van der Waals surface area contributed by atoms with Crippen molar-refractivity contribution in [3.8, 4) is 0 Å². The molecule has 0 aliphatic rings. The molecule has 0 atom stereocenters. The predicted octanol–water partition coefficient (Wildman–Crippen LogP) is 4.41. The van der Waals surface area contributed by atoms with Gasteiger partial charge in [0.05, 0.1) is 0 Å². The first kappa shape index (κ1) is 11.1. The average molecular weight is 216 g/mol. The Hall–Kier alpha value is -1.37. The quantitative estimate of drug-likeness (QED) is 0.697. The van der Waals surface area contributed by atoms with Crippen molar-refractivity contribution in [2.24, 2.45) is 0 Å². The van der Waals surface area contributed by atoms with Crippen LogP contribution in [-0.4, -0.2) is 0 Å². The third-order valence-corrected chi connectivity index (χ3v) is 3.24. The molecule has 0 radical (unpaired) electrons. The van der Waals surface area contributed by atoms with Gasteiger partial charge in [-0.15, -0.1) is 0 Å². The predicted molar refractivity (Wildman–Crippen MR) is 67.4 cm³/mol. The minimum absolute atomic E-state index is 0.105. The molecule has 1 heteroatoms. The van der Waals surface area contributed by atoms with Gasteiger partial charge in [0, 0.05) is 0 Å². The average Bonchev–Trinajstić information content (AvgIpc) is 2.32. The lowest BCUT2D eigenvalue weighted by Crippen LogP contribution is -1.93. The summed E-state index contributed by atoms with van der Waals surface area (Å²) >= 11 is 0. The summed E-state index contributed by atoms with van der Waals surface area (Å²) in [6, 6.07) is 7.82. The Morgan fingerprint density at radius 1 is 1.06 bits per heavy atom. The van der Waals surface area contributed by atoms with E-state index in [9.17, 15) is 4.39 Å². The molecule has 0 saturated heterocycles. The number of hydrogen-bond acceptors (Lipinski definition) is 0. The van der Waals surface area contributed by atoms with Crippen molar-refractivity contribution in [1.29, 1.82) is 0 Å². The second-order valence-electron chi connectivity index (χ2n) is 4.23. The Morgan fingerprint density at radius 3 is 2.44 bits per heavy atom. The molecular formula is C15H17F. The van der Waals surface area contributed by atoms with Crippen molar-refractivity contribution < 1.29 is 4.39 Å². The molecule has 0 heterocycles. The van der Waals surface area contributed by atoms with Crippen molar-refractivity contribution >= 4 is 10.8 Å². The first-order valence-electron chi connectivity index (χ1n) is 5.88. The van der Waals surface area contributed by atoms with Crippen molar-refractivity contribution in [2.75, 3.05) is 0 Å². The largest absolute Gasteiger partial charge is 0.207 e. The fourth-order valence-electron chi connectivity index (χ4n) is 2.27. The molecule has 2 rings (SSSR count). The summed E-state index contributed by atoms with van der Waals surface area (Å²) < 4.78 is 13.5. The lowest BCUT2D eigenvalue weighted by molar-refractivity contribution is 0.621. The van der Waals surface area contributed by atoms with Crippen molar-refractivity contribution in [1.82, 2.24) is 0 Å². The maximum absolute atomic E-state index is 13.5. The SMILES string of the molecule is CCc1cc(CC)c2c(C)c(F)ccc2c1. The molecule has 0 aromatic heterocycles. The third kappa shape index (κ3) is 1.71. The minimum Gasteiger partial charge on any atom is -0.207 e. The second kappa shape index (κ2) is 4.25. The lowest BCUT2D eigenvalue weighted by atomic mass is 9.95. The summed E-state index contributed by atoms with van der Waals surface area (Å²) in [5.74, 6) is -0.105. The Kier molecular flexibility index (Phi) is 2.95. The van der Waals surface area contributed by atoms with Gasteiger partial charge in [-0.25, -0.2) is 4.39 Å². The number of rotatable bonds is 2. The minimum atomic E-state index is -0.105. The van der Waals surface area contributed by atoms with Gasteiger partial charge < -0.3 is 0 Å². The third-order valence-electron chi connectivity index (χ3n) is 3.24. The van der Waals surface area contributed by atoms with Gasteiger partial charge >= 0.3 is 0 Å². The molecule has 0 aliphatic carbocycles. The van der Waals surface area contributed by atoms with Gasteiger partial charge in [0.1, 0.15) is 5.82 Å². The van der Waals surface area contributed by atoms with Crippen molar-refractivity contribution in [3.63, 3.8) is 0 Å². The molecule has 0 amide bonds. The zero-order chi connectivity index (χ0) is 11.7. The molecule has 0 saturated carbocycles. The number of aryl methyl sites for hydroxylation is 3. The fourth-order valence-corrected chi connectivity index (χ4v) is 2.27. The summed E-state index contributed by atoms with van der Waals surface area (Å²) in [6.45, 7) is 6.14. The molecule has 16 heavy (non-hydrogen) atoms. The van der Waals surface area contributed by atoms with Gasteiger partial charge in [-0.05, 0) is 53.3 Å². The lowest BCUT2D eigenvalue weighted by Gasteiger charge is -2.11. The Bertz CT molecular complexity index is 526. The maximum Gasteiger partial charge on any atom is 0.126 e. The van der Waals surface area contributed by atoms with Gasteiger partial charge in [0.15, 0.2) is 0 Å². The zero-order valence-electron chi connectivity index (χ0n) is 10.1. The summed E-state index contributed by atoms with van der Waals surface area (Å²) in [4.78, 5) is 0. The van der Waals surface area contributed by atoms with Gasteiger partial charge in [0.2, 0.25) is 0 Å². The van der Waals surface area contributed by atoms with E-state index < -0.39 is 0 Å². The maximum atomic E-state index is 13.5. The van der Waals surface area contributed by atoms with E-state index in [0.29, 0.717) is 0 Å². The van der Waals surface area contributed by atoms with Crippen LogP contribution >= 0.6 is 0 Å². The molecule has 0 aliphatic heterocycles. The Morgan fingerprint density at radius 2 is 1.81 bits per heavy atom. The van der Waals surface area contributed by atoms with E-state index in [4.69, 9.17) is 0 Å². The normalized spacial score (nSPS) is 11.0. The highest BCUT2D eigenvalue weighted by molar-refractivity contribution is 5.89. The van der Waals surface area contributed by atoms with Crippen molar-refractivity contribution in [3.05, 3.63) is 46.8 Å². The van der Waals surface area contributed by atoms with Crippen LogP contribution in [0.5, 0.6) is 0 Å². The molecule has 0 bridgehead atoms. The number of hydrogen-bond donors (Lipinski definition) is 0. The van der Waals surface area contributed by atoms with E-state index in [-0.39, 0.29) is 5.82 Å². The first-order valence-corrected chi connectivity index (χ1v) is 5.88. The van der Waals surface area contributed by atoms with Gasteiger partial charge in [-0.3, -0.25) is 0 Å². The van der Waals surface area contributed by atoms with E-state index in [0.717, 1.165) is 29.2 Å². The monoisotopic (exact) mass is 216 g/mol. The molecule has 2 aromatic rings. The zero-order valence-corrected chi connectivity index (χ0v) is 10.1. The van der Waals surface area contributed by atoms with E-state index >= 15 is 0 Å². The molecular weight excluding hydrogens is 199 g/mol.